The van der Waals surface area contributed by atoms with Crippen LogP contribution in [0.5, 0.6) is 0 Å². The Kier molecular flexibility index (Phi) is 58.0. The van der Waals surface area contributed by atoms with Crippen molar-refractivity contribution in [3.63, 3.8) is 0 Å². The summed E-state index contributed by atoms with van der Waals surface area (Å²) in [7, 11) is 0. The van der Waals surface area contributed by atoms with E-state index in [1.54, 1.807) is 34.0 Å². The van der Waals surface area contributed by atoms with Gasteiger partial charge in [0.1, 0.15) is 90.6 Å². The van der Waals surface area contributed by atoms with Gasteiger partial charge in [0.15, 0.2) is 5.96 Å². The molecule has 0 radical (unpaired) electrons. The average Bonchev–Trinajstić information content (AvgIpc) is 0.925. The molecule has 55 heteroatoms. The summed E-state index contributed by atoms with van der Waals surface area (Å²) in [4.78, 5) is 316. The van der Waals surface area contributed by atoms with Gasteiger partial charge in [-0.3, -0.25) is 116 Å². The molecule has 17 unspecified atom stereocenters. The van der Waals surface area contributed by atoms with E-state index in [1.165, 1.54) is 31.2 Å². The molecule has 37 N–H and O–H groups in total. The van der Waals surface area contributed by atoms with Crippen LogP contribution in [0.25, 0.3) is 0 Å². The highest BCUT2D eigenvalue weighted by Crippen LogP contribution is 2.16. The highest BCUT2D eigenvalue weighted by atomic mass is 32.2. The van der Waals surface area contributed by atoms with Crippen molar-refractivity contribution in [1.29, 1.82) is 5.41 Å². The molecule has 54 nitrogen and oxygen atoms in total. The Bertz CT molecular complexity index is 4300. The normalized spacial score (nSPS) is 14.7. The van der Waals surface area contributed by atoms with E-state index in [1.807, 2.05) is 13.8 Å². The van der Waals surface area contributed by atoms with Crippen molar-refractivity contribution in [3.8, 4) is 0 Å². The Hall–Kier alpha value is -13.5. The van der Waals surface area contributed by atoms with Gasteiger partial charge in [-0.1, -0.05) is 48.0 Å². The molecule has 1 aromatic heterocycles. The number of thioether (sulfide) groups is 1. The summed E-state index contributed by atoms with van der Waals surface area (Å²) in [5, 5.41) is 80.8. The number of unbranched alkanes of at least 4 members (excludes halogenated alkanes) is 1. The van der Waals surface area contributed by atoms with Crippen LogP contribution >= 0.6 is 11.8 Å². The van der Waals surface area contributed by atoms with E-state index in [2.05, 4.69) is 106 Å². The number of amides is 21. The number of hydrogen-bond acceptors (Lipinski definition) is 29. The molecular formula is C83H142N28O26S. The van der Waals surface area contributed by atoms with Gasteiger partial charge in [-0.05, 0) is 141 Å². The van der Waals surface area contributed by atoms with Crippen molar-refractivity contribution < 1.29 is 126 Å². The van der Waals surface area contributed by atoms with Gasteiger partial charge in [0, 0.05) is 63.5 Å². The topological polar surface area (TPSA) is 905 Å². The van der Waals surface area contributed by atoms with E-state index < -0.39 is 329 Å². The van der Waals surface area contributed by atoms with E-state index in [4.69, 9.17) is 45.5 Å². The smallest absolute Gasteiger partial charge is 0.303 e. The van der Waals surface area contributed by atoms with Gasteiger partial charge in [-0.15, -0.1) is 0 Å². The van der Waals surface area contributed by atoms with Crippen molar-refractivity contribution >= 4 is 154 Å². The third-order valence-corrected chi connectivity index (χ3v) is 21.4. The number of carboxylic acids is 2. The molecule has 1 rings (SSSR count). The van der Waals surface area contributed by atoms with E-state index in [-0.39, 0.29) is 87.2 Å². The number of primary amides is 4. The Balaban J connectivity index is 3.69. The summed E-state index contributed by atoms with van der Waals surface area (Å²) >= 11 is 1.29. The standard InChI is InChI=1S/C83H142N28O26S/c1-11-42(6)35-94-64(117)37-95-70(125)49(20-25-65(118)119)103-77(132)54(27-30-138-10)106-79(134)56(32-41(4)5)109-73(128)47(15-12-13-28-84)101-72(127)48(16-14-29-93-83(90)91)102-81(136)58(34-63(89)116)110-82(137)59(38-112)111-80(135)57(33-46-36-92-39-96-46)107-69(124)45(9)97-71(126)50(17-22-60(86)113)104-74(129)51(18-23-61(87)114)100-68(123)44(8)98-78(133)55(31-40(2)3)108-76(131)52(19-24-62(88)115)105-75(130)53(21-26-66(120)121)99-67(122)43(7)85/h36,39-45,47-59,112H,11-35,37-38,84-85H2,1-10H3,(H2,86,113)(H2,87,114)(H2,88,115)(H2,89,116)(H,92,96)(H,94,117)(H,95,125)(H,97,126)(H,98,133)(H,99,122)(H,100,123)(H,101,127)(H,102,136)(H,103,132)(H,104,129)(H,105,130)(H,106,134)(H,107,124)(H,108,131)(H,109,128)(H,110,137)(H,111,135)(H,118,119)(H,120,121)(H4,90,91,93). The summed E-state index contributed by atoms with van der Waals surface area (Å²) in [5.74, 6) is -25.6. The van der Waals surface area contributed by atoms with Crippen LogP contribution < -0.4 is 136 Å². The van der Waals surface area contributed by atoms with Crippen LogP contribution in [0.2, 0.25) is 0 Å². The number of nitrogens with zero attached hydrogens (tertiary/aromatic N) is 1. The van der Waals surface area contributed by atoms with Crippen LogP contribution in [0, 0.1) is 23.2 Å². The quantitative estimate of drug-likeness (QED) is 0.0164. The maximum Gasteiger partial charge on any atom is 0.303 e. The molecule has 0 aromatic carbocycles. The fourth-order valence-electron chi connectivity index (χ4n) is 12.8. The molecule has 21 amide bonds. The summed E-state index contributed by atoms with van der Waals surface area (Å²) in [6, 6.07) is -26.3. The molecule has 0 fully saturated rings. The van der Waals surface area contributed by atoms with E-state index in [9.17, 15) is 126 Å². The molecule has 1 heterocycles. The number of aliphatic hydroxyl groups excluding tert-OH is 1. The number of aromatic nitrogens is 2. The van der Waals surface area contributed by atoms with Crippen LogP contribution in [-0.2, 0) is 117 Å². The monoisotopic (exact) mass is 1980 g/mol. The lowest BCUT2D eigenvalue weighted by molar-refractivity contribution is -0.139. The predicted octanol–water partition coefficient (Wildman–Crippen LogP) is -10.5. The molecule has 0 saturated carbocycles. The van der Waals surface area contributed by atoms with E-state index in [0.717, 1.165) is 20.3 Å². The minimum absolute atomic E-state index is 0.0468. The number of aliphatic carboxylic acids is 2. The molecule has 138 heavy (non-hydrogen) atoms. The number of imidazole rings is 1. The lowest BCUT2D eigenvalue weighted by Gasteiger charge is -2.28. The molecule has 1 aromatic rings. The van der Waals surface area contributed by atoms with Crippen LogP contribution in [0.15, 0.2) is 12.5 Å². The largest absolute Gasteiger partial charge is 0.481 e. The van der Waals surface area contributed by atoms with Crippen molar-refractivity contribution in [2.24, 2.45) is 57.9 Å². The maximum absolute atomic E-state index is 14.7. The first-order chi connectivity index (χ1) is 64.8. The molecule has 17 atom stereocenters. The molecule has 0 aliphatic rings. The predicted molar refractivity (Wildman–Crippen MR) is 496 cm³/mol. The van der Waals surface area contributed by atoms with Crippen molar-refractivity contribution in [2.45, 2.75) is 294 Å². The van der Waals surface area contributed by atoms with Gasteiger partial charge >= 0.3 is 11.9 Å². The number of nitrogens with one attached hydrogen (secondary N) is 20. The summed E-state index contributed by atoms with van der Waals surface area (Å²) < 4.78 is 0. The number of carbonyl (C=O) groups is 23. The van der Waals surface area contributed by atoms with E-state index >= 15 is 0 Å². The fraction of sp³-hybridized carbons (Fsp3) is 0.675. The first-order valence-corrected chi connectivity index (χ1v) is 46.4. The van der Waals surface area contributed by atoms with Gasteiger partial charge in [0.2, 0.25) is 124 Å². The zero-order valence-electron chi connectivity index (χ0n) is 79.3. The second-order valence-electron chi connectivity index (χ2n) is 33.9. The average molecular weight is 1980 g/mol. The number of guanidine groups is 1. The second-order valence-corrected chi connectivity index (χ2v) is 34.9. The number of rotatable bonds is 71. The summed E-state index contributed by atoms with van der Waals surface area (Å²) in [6.07, 6.45) is -2.46. The minimum atomic E-state index is -2.07. The SMILES string of the molecule is CCC(C)CNC(=O)CNC(=O)C(CCC(=O)O)NC(=O)C(CCSC)NC(=O)C(CC(C)C)NC(=O)C(CCCCN)NC(=O)C(CCCNC(=N)N)NC(=O)C(CC(N)=O)NC(=O)C(CO)NC(=O)C(Cc1cnc[nH]1)NC(=O)C(C)NC(=O)C(CCC(N)=O)NC(=O)C(CCC(N)=O)NC(=O)C(C)NC(=O)C(CC(C)C)NC(=O)C(CCC(N)=O)NC(=O)C(CCC(=O)O)NC(=O)C(C)N. The highest BCUT2D eigenvalue weighted by Gasteiger charge is 2.40. The Morgan fingerprint density at radius 1 is 0.399 bits per heavy atom. The fourth-order valence-corrected chi connectivity index (χ4v) is 13.3. The number of nitrogens with two attached hydrogens (primary N) is 7. The van der Waals surface area contributed by atoms with Crippen LogP contribution in [-0.4, -0.2) is 309 Å². The van der Waals surface area contributed by atoms with Crippen LogP contribution in [0.3, 0.4) is 0 Å². The molecule has 0 spiro atoms. The summed E-state index contributed by atoms with van der Waals surface area (Å²) in [6.45, 7) is 12.6. The van der Waals surface area contributed by atoms with Gasteiger partial charge in [0.05, 0.1) is 31.9 Å². The maximum atomic E-state index is 14.7. The lowest BCUT2D eigenvalue weighted by Crippen LogP contribution is -2.61. The van der Waals surface area contributed by atoms with Gasteiger partial charge < -0.3 is 156 Å². The third-order valence-electron chi connectivity index (χ3n) is 20.8. The summed E-state index contributed by atoms with van der Waals surface area (Å²) in [5.41, 5.74) is 38.9. The molecule has 776 valence electrons. The molecule has 0 saturated heterocycles. The first-order valence-electron chi connectivity index (χ1n) is 45.0. The van der Waals surface area contributed by atoms with Gasteiger partial charge in [-0.2, -0.15) is 11.8 Å². The molecular weight excluding hydrogens is 1840 g/mol. The molecule has 0 bridgehead atoms. The minimum Gasteiger partial charge on any atom is -0.481 e. The zero-order valence-corrected chi connectivity index (χ0v) is 80.2. The molecule has 0 aliphatic carbocycles. The number of carboxylic acid groups (broad SMARTS) is 2. The van der Waals surface area contributed by atoms with Gasteiger partial charge in [-0.25, -0.2) is 4.98 Å². The third kappa shape index (κ3) is 50.9. The Morgan fingerprint density at radius 3 is 1.12 bits per heavy atom. The lowest BCUT2D eigenvalue weighted by atomic mass is 10.0. The van der Waals surface area contributed by atoms with Crippen LogP contribution in [0.1, 0.15) is 196 Å². The number of aliphatic hydroxyl groups is 1. The number of aromatic amines is 1. The Morgan fingerprint density at radius 2 is 0.739 bits per heavy atom. The van der Waals surface area contributed by atoms with Crippen molar-refractivity contribution in [3.05, 3.63) is 18.2 Å². The van der Waals surface area contributed by atoms with E-state index in [0.29, 0.717) is 13.0 Å². The van der Waals surface area contributed by atoms with Crippen LogP contribution in [0.4, 0.5) is 0 Å². The number of carbonyl (C=O) groups excluding carboxylic acids is 21. The first kappa shape index (κ1) is 123. The second kappa shape index (κ2) is 65.3. The zero-order chi connectivity index (χ0) is 105. The number of hydrogen-bond donors (Lipinski definition) is 30. The Labute approximate surface area is 801 Å². The van der Waals surface area contributed by atoms with Crippen molar-refractivity contribution in [2.75, 3.05) is 44.8 Å². The highest BCUT2D eigenvalue weighted by molar-refractivity contribution is 7.98. The van der Waals surface area contributed by atoms with Crippen molar-refractivity contribution in [1.82, 2.24) is 106 Å². The number of H-pyrrole nitrogens is 1. The van der Waals surface area contributed by atoms with Gasteiger partial charge in [0.25, 0.3) is 0 Å². The molecule has 0 aliphatic heterocycles.